The molecule has 0 spiro atoms. The van der Waals surface area contributed by atoms with Crippen LogP contribution in [0.3, 0.4) is 0 Å². The fourth-order valence-electron chi connectivity index (χ4n) is 1.30. The van der Waals surface area contributed by atoms with E-state index in [-0.39, 0.29) is 0 Å². The Hall–Kier alpha value is -0.890. The van der Waals surface area contributed by atoms with Crippen molar-refractivity contribution < 1.29 is 0 Å². The standard InChI is InChI=1S/C11H17N3S/c1-3-7-14(4-2)8-10-9-15-11(13-10)5-6-12/h1,9H,4-8,12H2,2H3. The molecule has 0 unspecified atom stereocenters. The van der Waals surface area contributed by atoms with Gasteiger partial charge in [-0.05, 0) is 13.1 Å². The van der Waals surface area contributed by atoms with Crippen molar-refractivity contribution in [1.82, 2.24) is 9.88 Å². The highest BCUT2D eigenvalue weighted by atomic mass is 32.1. The Morgan fingerprint density at radius 3 is 3.07 bits per heavy atom. The topological polar surface area (TPSA) is 42.1 Å². The summed E-state index contributed by atoms with van der Waals surface area (Å²) in [6, 6.07) is 0. The van der Waals surface area contributed by atoms with E-state index in [0.717, 1.165) is 30.2 Å². The molecule has 0 fully saturated rings. The number of terminal acetylenes is 1. The monoisotopic (exact) mass is 223 g/mol. The Bertz CT molecular complexity index is 327. The molecule has 4 heteroatoms. The molecule has 0 saturated heterocycles. The molecule has 0 aliphatic rings. The molecule has 0 atom stereocenters. The lowest BCUT2D eigenvalue weighted by Crippen LogP contribution is -2.23. The van der Waals surface area contributed by atoms with Gasteiger partial charge in [-0.1, -0.05) is 12.8 Å². The van der Waals surface area contributed by atoms with Crippen LogP contribution in [-0.2, 0) is 13.0 Å². The van der Waals surface area contributed by atoms with E-state index in [1.807, 2.05) is 0 Å². The zero-order valence-electron chi connectivity index (χ0n) is 9.07. The van der Waals surface area contributed by atoms with Gasteiger partial charge < -0.3 is 5.73 Å². The molecule has 0 aromatic carbocycles. The van der Waals surface area contributed by atoms with E-state index in [0.29, 0.717) is 13.1 Å². The Balaban J connectivity index is 2.52. The summed E-state index contributed by atoms with van der Waals surface area (Å²) in [5.74, 6) is 2.65. The van der Waals surface area contributed by atoms with Crippen molar-refractivity contribution >= 4 is 11.3 Å². The van der Waals surface area contributed by atoms with Crippen LogP contribution in [0.15, 0.2) is 5.38 Å². The second-order valence-corrected chi connectivity index (χ2v) is 4.22. The maximum absolute atomic E-state index is 5.47. The van der Waals surface area contributed by atoms with Gasteiger partial charge in [-0.25, -0.2) is 4.98 Å². The third-order valence-corrected chi connectivity index (χ3v) is 3.06. The summed E-state index contributed by atoms with van der Waals surface area (Å²) in [4.78, 5) is 6.68. The zero-order valence-corrected chi connectivity index (χ0v) is 9.89. The summed E-state index contributed by atoms with van der Waals surface area (Å²) in [5.41, 5.74) is 6.57. The van der Waals surface area contributed by atoms with Crippen LogP contribution >= 0.6 is 11.3 Å². The maximum Gasteiger partial charge on any atom is 0.0941 e. The molecule has 0 saturated carbocycles. The fraction of sp³-hybridized carbons (Fsp3) is 0.545. The van der Waals surface area contributed by atoms with Crippen molar-refractivity contribution in [3.63, 3.8) is 0 Å². The average Bonchev–Trinajstić information content (AvgIpc) is 2.66. The van der Waals surface area contributed by atoms with Crippen molar-refractivity contribution in [3.8, 4) is 12.3 Å². The Morgan fingerprint density at radius 1 is 1.67 bits per heavy atom. The van der Waals surface area contributed by atoms with Gasteiger partial charge >= 0.3 is 0 Å². The van der Waals surface area contributed by atoms with E-state index in [2.05, 4.69) is 28.1 Å². The van der Waals surface area contributed by atoms with Gasteiger partial charge in [0.1, 0.15) is 0 Å². The molecule has 3 nitrogen and oxygen atoms in total. The number of hydrogen-bond acceptors (Lipinski definition) is 4. The SMILES string of the molecule is C#CCN(CC)Cc1csc(CCN)n1. The molecular formula is C11H17N3S. The predicted molar refractivity (Wildman–Crippen MR) is 64.7 cm³/mol. The molecule has 1 heterocycles. The largest absolute Gasteiger partial charge is 0.330 e. The molecule has 0 aliphatic carbocycles. The minimum absolute atomic E-state index is 0.662. The quantitative estimate of drug-likeness (QED) is 0.734. The molecule has 82 valence electrons. The van der Waals surface area contributed by atoms with Crippen molar-refractivity contribution in [2.45, 2.75) is 19.9 Å². The predicted octanol–water partition coefficient (Wildman–Crippen LogP) is 1.10. The van der Waals surface area contributed by atoms with E-state index in [1.165, 1.54) is 0 Å². The van der Waals surface area contributed by atoms with Crippen LogP contribution in [0.2, 0.25) is 0 Å². The summed E-state index contributed by atoms with van der Waals surface area (Å²) in [7, 11) is 0. The molecule has 2 N–H and O–H groups in total. The lowest BCUT2D eigenvalue weighted by atomic mass is 10.4. The van der Waals surface area contributed by atoms with E-state index in [4.69, 9.17) is 12.2 Å². The molecule has 1 aromatic heterocycles. The highest BCUT2D eigenvalue weighted by Crippen LogP contribution is 2.11. The van der Waals surface area contributed by atoms with Gasteiger partial charge in [0.2, 0.25) is 0 Å². The summed E-state index contributed by atoms with van der Waals surface area (Å²) >= 11 is 1.68. The lowest BCUT2D eigenvalue weighted by Gasteiger charge is -2.15. The molecule has 0 radical (unpaired) electrons. The maximum atomic E-state index is 5.47. The van der Waals surface area contributed by atoms with E-state index in [9.17, 15) is 0 Å². The first-order valence-corrected chi connectivity index (χ1v) is 5.97. The Labute approximate surface area is 95.3 Å². The molecule has 1 aromatic rings. The van der Waals surface area contributed by atoms with Crippen LogP contribution in [0.1, 0.15) is 17.6 Å². The first-order chi connectivity index (χ1) is 7.30. The second kappa shape index (κ2) is 6.57. The van der Waals surface area contributed by atoms with Crippen LogP contribution in [0.4, 0.5) is 0 Å². The highest BCUT2D eigenvalue weighted by Gasteiger charge is 2.05. The first kappa shape index (κ1) is 12.2. The third kappa shape index (κ3) is 4.00. The lowest BCUT2D eigenvalue weighted by molar-refractivity contribution is 0.312. The van der Waals surface area contributed by atoms with Crippen LogP contribution in [0.5, 0.6) is 0 Å². The van der Waals surface area contributed by atoms with Gasteiger partial charge in [-0.2, -0.15) is 0 Å². The second-order valence-electron chi connectivity index (χ2n) is 3.28. The number of thiazole rings is 1. The number of hydrogen-bond donors (Lipinski definition) is 1. The number of nitrogens with zero attached hydrogens (tertiary/aromatic N) is 2. The van der Waals surface area contributed by atoms with Crippen molar-refractivity contribution in [2.75, 3.05) is 19.6 Å². The first-order valence-electron chi connectivity index (χ1n) is 5.09. The molecule has 0 amide bonds. The highest BCUT2D eigenvalue weighted by molar-refractivity contribution is 7.09. The van der Waals surface area contributed by atoms with E-state index in [1.54, 1.807) is 11.3 Å². The van der Waals surface area contributed by atoms with Gasteiger partial charge in [0.15, 0.2) is 0 Å². The number of rotatable bonds is 6. The molecular weight excluding hydrogens is 206 g/mol. The van der Waals surface area contributed by atoms with Crippen LogP contribution in [0.25, 0.3) is 0 Å². The molecule has 15 heavy (non-hydrogen) atoms. The zero-order chi connectivity index (χ0) is 11.1. The Morgan fingerprint density at radius 2 is 2.47 bits per heavy atom. The van der Waals surface area contributed by atoms with Gasteiger partial charge in [0, 0.05) is 18.3 Å². The number of aromatic nitrogens is 1. The number of nitrogens with two attached hydrogens (primary N) is 1. The van der Waals surface area contributed by atoms with Gasteiger partial charge in [0.05, 0.1) is 17.2 Å². The minimum Gasteiger partial charge on any atom is -0.330 e. The van der Waals surface area contributed by atoms with Gasteiger partial charge in [-0.15, -0.1) is 17.8 Å². The van der Waals surface area contributed by atoms with E-state index < -0.39 is 0 Å². The van der Waals surface area contributed by atoms with E-state index >= 15 is 0 Å². The minimum atomic E-state index is 0.662. The molecule has 1 rings (SSSR count). The smallest absolute Gasteiger partial charge is 0.0941 e. The van der Waals surface area contributed by atoms with Crippen molar-refractivity contribution in [1.29, 1.82) is 0 Å². The molecule has 0 aliphatic heterocycles. The van der Waals surface area contributed by atoms with Gasteiger partial charge in [-0.3, -0.25) is 4.90 Å². The fourth-order valence-corrected chi connectivity index (χ4v) is 2.10. The third-order valence-electron chi connectivity index (χ3n) is 2.11. The van der Waals surface area contributed by atoms with Gasteiger partial charge in [0.25, 0.3) is 0 Å². The summed E-state index contributed by atoms with van der Waals surface area (Å²) < 4.78 is 0. The summed E-state index contributed by atoms with van der Waals surface area (Å²) in [6.45, 7) is 5.23. The normalized spacial score (nSPS) is 10.5. The summed E-state index contributed by atoms with van der Waals surface area (Å²) in [6.07, 6.45) is 6.15. The molecule has 0 bridgehead atoms. The van der Waals surface area contributed by atoms with Crippen LogP contribution in [0, 0.1) is 12.3 Å². The van der Waals surface area contributed by atoms with Crippen molar-refractivity contribution in [2.24, 2.45) is 5.73 Å². The van der Waals surface area contributed by atoms with Crippen molar-refractivity contribution in [3.05, 3.63) is 16.1 Å². The average molecular weight is 223 g/mol. The van der Waals surface area contributed by atoms with Crippen LogP contribution in [-0.4, -0.2) is 29.5 Å². The summed E-state index contributed by atoms with van der Waals surface area (Å²) in [5, 5.41) is 3.20. The van der Waals surface area contributed by atoms with Crippen LogP contribution < -0.4 is 5.73 Å². The Kier molecular flexibility index (Phi) is 5.33.